The van der Waals surface area contributed by atoms with Crippen molar-refractivity contribution in [2.45, 2.75) is 57.6 Å². The van der Waals surface area contributed by atoms with Crippen molar-refractivity contribution in [2.75, 3.05) is 18.0 Å². The van der Waals surface area contributed by atoms with Crippen molar-refractivity contribution in [1.82, 2.24) is 10.2 Å². The van der Waals surface area contributed by atoms with E-state index in [4.69, 9.17) is 39.5 Å². The first-order chi connectivity index (χ1) is 19.8. The lowest BCUT2D eigenvalue weighted by Gasteiger charge is -2.33. The van der Waals surface area contributed by atoms with Crippen LogP contribution < -0.4 is 14.4 Å². The van der Waals surface area contributed by atoms with Crippen molar-refractivity contribution in [1.29, 1.82) is 0 Å². The Morgan fingerprint density at radius 1 is 0.952 bits per heavy atom. The fraction of sp³-hybridized carbons (Fsp3) is 0.333. The van der Waals surface area contributed by atoms with Gasteiger partial charge >= 0.3 is 0 Å². The zero-order valence-electron chi connectivity index (χ0n) is 24.0. The molecule has 0 aliphatic heterocycles. The first-order valence-electron chi connectivity index (χ1n) is 13.2. The maximum absolute atomic E-state index is 14.2. The molecule has 3 aromatic rings. The van der Waals surface area contributed by atoms with Crippen molar-refractivity contribution >= 4 is 62.3 Å². The Labute approximate surface area is 262 Å². The number of ether oxygens (including phenoxy) is 1. The fourth-order valence-electron chi connectivity index (χ4n) is 4.31. The second kappa shape index (κ2) is 14.5. The molecule has 0 spiro atoms. The van der Waals surface area contributed by atoms with Crippen LogP contribution in [0.2, 0.25) is 15.1 Å². The van der Waals surface area contributed by atoms with Gasteiger partial charge in [0.2, 0.25) is 11.8 Å². The van der Waals surface area contributed by atoms with Crippen molar-refractivity contribution in [3.05, 3.63) is 86.9 Å². The number of nitrogens with zero attached hydrogens (tertiary/aromatic N) is 2. The Hall–Kier alpha value is -2.98. The molecule has 42 heavy (non-hydrogen) atoms. The second-order valence-corrected chi connectivity index (χ2v) is 13.1. The Morgan fingerprint density at radius 2 is 1.62 bits per heavy atom. The average molecular weight is 655 g/mol. The minimum atomic E-state index is -4.25. The van der Waals surface area contributed by atoms with Gasteiger partial charge in [0.1, 0.15) is 18.3 Å². The number of anilines is 1. The van der Waals surface area contributed by atoms with E-state index in [1.54, 1.807) is 37.3 Å². The highest BCUT2D eigenvalue weighted by atomic mass is 35.5. The van der Waals surface area contributed by atoms with Gasteiger partial charge in [0, 0.05) is 22.6 Å². The first kappa shape index (κ1) is 33.5. The summed E-state index contributed by atoms with van der Waals surface area (Å²) in [7, 11) is -2.81. The number of carbonyl (C=O) groups excluding carboxylic acids is 2. The van der Waals surface area contributed by atoms with Crippen LogP contribution in [0.25, 0.3) is 0 Å². The molecule has 0 aliphatic carbocycles. The third kappa shape index (κ3) is 8.10. The fourth-order valence-corrected chi connectivity index (χ4v) is 6.44. The van der Waals surface area contributed by atoms with Crippen LogP contribution in [-0.2, 0) is 26.2 Å². The van der Waals surface area contributed by atoms with Crippen LogP contribution in [0, 0.1) is 6.92 Å². The van der Waals surface area contributed by atoms with E-state index in [1.807, 2.05) is 20.8 Å². The summed E-state index contributed by atoms with van der Waals surface area (Å²) < 4.78 is 34.2. The van der Waals surface area contributed by atoms with Crippen LogP contribution in [-0.4, -0.2) is 50.9 Å². The lowest BCUT2D eigenvalue weighted by Crippen LogP contribution is -2.53. The Kier molecular flexibility index (Phi) is 11.5. The molecule has 0 aromatic heterocycles. The van der Waals surface area contributed by atoms with Gasteiger partial charge in [-0.2, -0.15) is 0 Å². The number of rotatable bonds is 12. The summed E-state index contributed by atoms with van der Waals surface area (Å²) >= 11 is 18.9. The third-order valence-corrected chi connectivity index (χ3v) is 9.15. The average Bonchev–Trinajstić information content (AvgIpc) is 2.92. The maximum atomic E-state index is 14.2. The molecule has 0 heterocycles. The molecule has 1 atom stereocenters. The number of aryl methyl sites for hydroxylation is 1. The third-order valence-electron chi connectivity index (χ3n) is 6.48. The predicted molar refractivity (Wildman–Crippen MR) is 168 cm³/mol. The van der Waals surface area contributed by atoms with Crippen molar-refractivity contribution in [2.24, 2.45) is 0 Å². The molecule has 0 radical (unpaired) electrons. The monoisotopic (exact) mass is 653 g/mol. The number of amides is 2. The molecule has 0 aliphatic rings. The van der Waals surface area contributed by atoms with E-state index < -0.39 is 28.5 Å². The molecule has 0 saturated carbocycles. The standard InChI is InChI=1S/C30H34Cl3N3O5S/c1-6-27(30(38)34-19(2)3)35(17-21-9-10-22(31)15-25(21)32)29(37)18-36(23-11-14-28(41-5)26(33)16-23)42(39,40)24-12-7-20(4)8-13-24/h7-16,19,27H,6,17-18H2,1-5H3,(H,34,38)/t27-/m0/s1. The smallest absolute Gasteiger partial charge is 0.264 e. The summed E-state index contributed by atoms with van der Waals surface area (Å²) in [5, 5.41) is 3.75. The molecule has 2 amide bonds. The molecule has 0 unspecified atom stereocenters. The summed E-state index contributed by atoms with van der Waals surface area (Å²) in [6, 6.07) is 14.5. The molecule has 1 N–H and O–H groups in total. The van der Waals surface area contributed by atoms with Crippen LogP contribution in [0.15, 0.2) is 65.6 Å². The number of nitrogens with one attached hydrogen (secondary N) is 1. The molecule has 3 rings (SSSR count). The maximum Gasteiger partial charge on any atom is 0.264 e. The molecular weight excluding hydrogens is 621 g/mol. The number of carbonyl (C=O) groups is 2. The summed E-state index contributed by atoms with van der Waals surface area (Å²) in [6.07, 6.45) is 0.272. The number of methoxy groups -OCH3 is 1. The Morgan fingerprint density at radius 3 is 2.17 bits per heavy atom. The van der Waals surface area contributed by atoms with E-state index in [-0.39, 0.29) is 40.5 Å². The minimum Gasteiger partial charge on any atom is -0.495 e. The van der Waals surface area contributed by atoms with Crippen LogP contribution in [0.1, 0.15) is 38.3 Å². The van der Waals surface area contributed by atoms with E-state index in [9.17, 15) is 18.0 Å². The summed E-state index contributed by atoms with van der Waals surface area (Å²) in [4.78, 5) is 28.7. The molecular formula is C30H34Cl3N3O5S. The van der Waals surface area contributed by atoms with Gasteiger partial charge in [-0.05, 0) is 75.2 Å². The van der Waals surface area contributed by atoms with Crippen molar-refractivity contribution in [3.63, 3.8) is 0 Å². The number of hydrogen-bond acceptors (Lipinski definition) is 5. The van der Waals surface area contributed by atoms with E-state index >= 15 is 0 Å². The molecule has 0 fully saturated rings. The normalized spacial score (nSPS) is 12.1. The predicted octanol–water partition coefficient (Wildman–Crippen LogP) is 6.49. The highest BCUT2D eigenvalue weighted by Crippen LogP contribution is 2.32. The number of hydrogen-bond donors (Lipinski definition) is 1. The van der Waals surface area contributed by atoms with E-state index in [2.05, 4.69) is 5.32 Å². The van der Waals surface area contributed by atoms with Gasteiger partial charge in [0.15, 0.2) is 0 Å². The van der Waals surface area contributed by atoms with Crippen LogP contribution >= 0.6 is 34.8 Å². The Bertz CT molecular complexity index is 1530. The van der Waals surface area contributed by atoms with Crippen molar-refractivity contribution in [3.8, 4) is 5.75 Å². The van der Waals surface area contributed by atoms with E-state index in [1.165, 1.54) is 42.3 Å². The minimum absolute atomic E-state index is 0.00951. The molecule has 226 valence electrons. The van der Waals surface area contributed by atoms with Gasteiger partial charge in [-0.3, -0.25) is 13.9 Å². The molecule has 8 nitrogen and oxygen atoms in total. The van der Waals surface area contributed by atoms with E-state index in [0.29, 0.717) is 21.4 Å². The van der Waals surface area contributed by atoms with Crippen LogP contribution in [0.3, 0.4) is 0 Å². The lowest BCUT2D eigenvalue weighted by atomic mass is 10.1. The quantitative estimate of drug-likeness (QED) is 0.241. The second-order valence-electron chi connectivity index (χ2n) is 9.99. The van der Waals surface area contributed by atoms with Gasteiger partial charge < -0.3 is 15.0 Å². The van der Waals surface area contributed by atoms with Crippen LogP contribution in [0.4, 0.5) is 5.69 Å². The summed E-state index contributed by atoms with van der Waals surface area (Å²) in [5.74, 6) is -0.643. The number of benzene rings is 3. The van der Waals surface area contributed by atoms with E-state index in [0.717, 1.165) is 9.87 Å². The number of halogens is 3. The van der Waals surface area contributed by atoms with Gasteiger partial charge in [0.05, 0.1) is 22.7 Å². The Balaban J connectivity index is 2.12. The van der Waals surface area contributed by atoms with Gasteiger partial charge in [-0.1, -0.05) is 65.5 Å². The van der Waals surface area contributed by atoms with Gasteiger partial charge in [-0.15, -0.1) is 0 Å². The zero-order valence-corrected chi connectivity index (χ0v) is 27.1. The summed E-state index contributed by atoms with van der Waals surface area (Å²) in [5.41, 5.74) is 1.57. The summed E-state index contributed by atoms with van der Waals surface area (Å²) in [6.45, 7) is 6.58. The van der Waals surface area contributed by atoms with Crippen LogP contribution in [0.5, 0.6) is 5.75 Å². The highest BCUT2D eigenvalue weighted by Gasteiger charge is 2.34. The zero-order chi connectivity index (χ0) is 31.2. The molecule has 0 saturated heterocycles. The van der Waals surface area contributed by atoms with Gasteiger partial charge in [-0.25, -0.2) is 8.42 Å². The topological polar surface area (TPSA) is 96.0 Å². The lowest BCUT2D eigenvalue weighted by molar-refractivity contribution is -0.140. The molecule has 3 aromatic carbocycles. The van der Waals surface area contributed by atoms with Crippen molar-refractivity contribution < 1.29 is 22.7 Å². The number of sulfonamides is 1. The highest BCUT2D eigenvalue weighted by molar-refractivity contribution is 7.92. The molecule has 12 heteroatoms. The largest absolute Gasteiger partial charge is 0.495 e. The van der Waals surface area contributed by atoms with Gasteiger partial charge in [0.25, 0.3) is 10.0 Å². The molecule has 0 bridgehead atoms. The first-order valence-corrected chi connectivity index (χ1v) is 15.8. The SMILES string of the molecule is CC[C@@H](C(=O)NC(C)C)N(Cc1ccc(Cl)cc1Cl)C(=O)CN(c1ccc(OC)c(Cl)c1)S(=O)(=O)c1ccc(C)cc1.